The molecule has 2 aromatic heterocycles. The Hall–Kier alpha value is -2.96. The number of H-pyrrole nitrogens is 1. The lowest BCUT2D eigenvalue weighted by atomic mass is 9.97. The van der Waals surface area contributed by atoms with Crippen molar-refractivity contribution >= 4 is 5.91 Å². The van der Waals surface area contributed by atoms with Gasteiger partial charge in [-0.25, -0.2) is 4.39 Å². The molecule has 0 bridgehead atoms. The van der Waals surface area contributed by atoms with Crippen molar-refractivity contribution in [2.24, 2.45) is 0 Å². The molecule has 25 heavy (non-hydrogen) atoms. The second kappa shape index (κ2) is 6.51. The number of carbonyl (C=O) groups is 1. The molecule has 4 rings (SSSR count). The summed E-state index contributed by atoms with van der Waals surface area (Å²) in [6.07, 6.45) is 3.55. The molecule has 7 heteroatoms. The highest BCUT2D eigenvalue weighted by Crippen LogP contribution is 2.28. The quantitative estimate of drug-likeness (QED) is 0.794. The zero-order chi connectivity index (χ0) is 17.2. The van der Waals surface area contributed by atoms with E-state index in [-0.39, 0.29) is 17.6 Å². The largest absolute Gasteiger partial charge is 0.359 e. The summed E-state index contributed by atoms with van der Waals surface area (Å²) in [5.41, 5.74) is 1.28. The van der Waals surface area contributed by atoms with E-state index in [0.29, 0.717) is 30.4 Å². The van der Waals surface area contributed by atoms with Gasteiger partial charge in [-0.05, 0) is 49.2 Å². The SMILES string of the molecule is O=C(c1ccc(F)cc1)N1CCC[C@@H](c2nc(-c3ccc[nH]3)no2)C1. The average Bonchev–Trinajstić information content (AvgIpc) is 3.33. The number of aromatic amines is 1. The molecule has 1 aromatic carbocycles. The van der Waals surface area contributed by atoms with Crippen molar-refractivity contribution in [1.82, 2.24) is 20.0 Å². The van der Waals surface area contributed by atoms with Gasteiger partial charge in [0.2, 0.25) is 11.7 Å². The molecular formula is C18H17FN4O2. The van der Waals surface area contributed by atoms with Gasteiger partial charge in [0.05, 0.1) is 11.6 Å². The Morgan fingerprint density at radius 2 is 2.12 bits per heavy atom. The maximum atomic E-state index is 13.0. The van der Waals surface area contributed by atoms with Crippen LogP contribution in [-0.2, 0) is 0 Å². The van der Waals surface area contributed by atoms with Crippen LogP contribution in [0.15, 0.2) is 47.1 Å². The molecule has 1 aliphatic heterocycles. The van der Waals surface area contributed by atoms with E-state index in [1.165, 1.54) is 24.3 Å². The predicted molar refractivity (Wildman–Crippen MR) is 88.4 cm³/mol. The molecule has 6 nitrogen and oxygen atoms in total. The van der Waals surface area contributed by atoms with Crippen molar-refractivity contribution in [3.05, 3.63) is 59.9 Å². The molecule has 1 fully saturated rings. The monoisotopic (exact) mass is 340 g/mol. The summed E-state index contributed by atoms with van der Waals surface area (Å²) in [6, 6.07) is 9.37. The van der Waals surface area contributed by atoms with Crippen molar-refractivity contribution in [2.75, 3.05) is 13.1 Å². The van der Waals surface area contributed by atoms with Gasteiger partial charge in [0.15, 0.2) is 0 Å². The normalized spacial score (nSPS) is 17.6. The van der Waals surface area contributed by atoms with Gasteiger partial charge < -0.3 is 14.4 Å². The Balaban J connectivity index is 1.49. The summed E-state index contributed by atoms with van der Waals surface area (Å²) in [5, 5.41) is 4.01. The number of piperidine rings is 1. The van der Waals surface area contributed by atoms with Gasteiger partial charge in [-0.2, -0.15) is 4.98 Å². The molecule has 1 aliphatic rings. The summed E-state index contributed by atoms with van der Waals surface area (Å²) in [4.78, 5) is 21.9. The molecule has 0 saturated carbocycles. The van der Waals surface area contributed by atoms with E-state index in [4.69, 9.17) is 4.52 Å². The highest BCUT2D eigenvalue weighted by molar-refractivity contribution is 5.94. The van der Waals surface area contributed by atoms with Crippen molar-refractivity contribution in [3.8, 4) is 11.5 Å². The first kappa shape index (κ1) is 15.6. The maximum Gasteiger partial charge on any atom is 0.253 e. The van der Waals surface area contributed by atoms with Gasteiger partial charge in [0.25, 0.3) is 5.91 Å². The van der Waals surface area contributed by atoms with Crippen molar-refractivity contribution < 1.29 is 13.7 Å². The Morgan fingerprint density at radius 1 is 1.28 bits per heavy atom. The maximum absolute atomic E-state index is 13.0. The number of amides is 1. The van der Waals surface area contributed by atoms with Gasteiger partial charge in [-0.1, -0.05) is 5.16 Å². The number of likely N-dealkylation sites (tertiary alicyclic amines) is 1. The fraction of sp³-hybridized carbons (Fsp3) is 0.278. The predicted octanol–water partition coefficient (Wildman–Crippen LogP) is 3.22. The first-order chi connectivity index (χ1) is 12.2. The lowest BCUT2D eigenvalue weighted by Gasteiger charge is -2.31. The molecule has 3 aromatic rings. The minimum atomic E-state index is -0.351. The smallest absolute Gasteiger partial charge is 0.253 e. The molecule has 1 saturated heterocycles. The first-order valence-corrected chi connectivity index (χ1v) is 8.23. The Morgan fingerprint density at radius 3 is 2.88 bits per heavy atom. The fourth-order valence-electron chi connectivity index (χ4n) is 3.12. The zero-order valence-electron chi connectivity index (χ0n) is 13.5. The van der Waals surface area contributed by atoms with Gasteiger partial charge in [-0.15, -0.1) is 0 Å². The van der Waals surface area contributed by atoms with Gasteiger partial charge >= 0.3 is 0 Å². The average molecular weight is 340 g/mol. The van der Waals surface area contributed by atoms with Gasteiger partial charge in [0, 0.05) is 24.8 Å². The molecule has 1 N–H and O–H groups in total. The number of carbonyl (C=O) groups excluding carboxylic acids is 1. The number of nitrogens with one attached hydrogen (secondary N) is 1. The van der Waals surface area contributed by atoms with Crippen LogP contribution in [0.4, 0.5) is 4.39 Å². The van der Waals surface area contributed by atoms with Crippen LogP contribution in [-0.4, -0.2) is 39.0 Å². The van der Waals surface area contributed by atoms with Crippen molar-refractivity contribution in [2.45, 2.75) is 18.8 Å². The Kier molecular flexibility index (Phi) is 4.05. The summed E-state index contributed by atoms with van der Waals surface area (Å²) in [5.74, 6) is 0.613. The molecule has 0 unspecified atom stereocenters. The lowest BCUT2D eigenvalue weighted by molar-refractivity contribution is 0.0695. The Labute approximate surface area is 143 Å². The molecule has 1 atom stereocenters. The number of hydrogen-bond acceptors (Lipinski definition) is 4. The van der Waals surface area contributed by atoms with E-state index in [1.54, 1.807) is 11.1 Å². The molecular weight excluding hydrogens is 323 g/mol. The number of benzene rings is 1. The van der Waals surface area contributed by atoms with E-state index in [2.05, 4.69) is 15.1 Å². The highest BCUT2D eigenvalue weighted by atomic mass is 19.1. The van der Waals surface area contributed by atoms with Crippen molar-refractivity contribution in [3.63, 3.8) is 0 Å². The second-order valence-electron chi connectivity index (χ2n) is 6.14. The van der Waals surface area contributed by atoms with Gasteiger partial charge in [0.1, 0.15) is 5.82 Å². The van der Waals surface area contributed by atoms with E-state index in [1.807, 2.05) is 12.1 Å². The van der Waals surface area contributed by atoms with Crippen LogP contribution in [0, 0.1) is 5.82 Å². The van der Waals surface area contributed by atoms with E-state index < -0.39 is 0 Å². The minimum absolute atomic E-state index is 0.00867. The van der Waals surface area contributed by atoms with Crippen LogP contribution in [0.25, 0.3) is 11.5 Å². The topological polar surface area (TPSA) is 75.0 Å². The van der Waals surface area contributed by atoms with Crippen molar-refractivity contribution in [1.29, 1.82) is 0 Å². The highest BCUT2D eigenvalue weighted by Gasteiger charge is 2.29. The van der Waals surface area contributed by atoms with Crippen LogP contribution < -0.4 is 0 Å². The summed E-state index contributed by atoms with van der Waals surface area (Å²) in [6.45, 7) is 1.19. The van der Waals surface area contributed by atoms with E-state index in [0.717, 1.165) is 18.5 Å². The molecule has 0 spiro atoms. The van der Waals surface area contributed by atoms with Crippen LogP contribution in [0.3, 0.4) is 0 Å². The lowest BCUT2D eigenvalue weighted by Crippen LogP contribution is -2.39. The number of aromatic nitrogens is 3. The number of hydrogen-bond donors (Lipinski definition) is 1. The third-order valence-corrected chi connectivity index (χ3v) is 4.43. The number of nitrogens with zero attached hydrogens (tertiary/aromatic N) is 3. The zero-order valence-corrected chi connectivity index (χ0v) is 13.5. The third-order valence-electron chi connectivity index (χ3n) is 4.43. The summed E-state index contributed by atoms with van der Waals surface area (Å²) < 4.78 is 18.4. The standard InChI is InChI=1S/C18H17FN4O2/c19-14-7-5-12(6-8-14)18(24)23-10-2-3-13(11-23)17-21-16(22-25-17)15-4-1-9-20-15/h1,4-9,13,20H,2-3,10-11H2/t13-/m1/s1. The first-order valence-electron chi connectivity index (χ1n) is 8.23. The molecule has 0 aliphatic carbocycles. The molecule has 128 valence electrons. The minimum Gasteiger partial charge on any atom is -0.359 e. The van der Waals surface area contributed by atoms with Crippen LogP contribution >= 0.6 is 0 Å². The Bertz CT molecular complexity index is 858. The third kappa shape index (κ3) is 3.17. The number of rotatable bonds is 3. The molecule has 0 radical (unpaired) electrons. The second-order valence-corrected chi connectivity index (χ2v) is 6.14. The summed E-state index contributed by atoms with van der Waals surface area (Å²) in [7, 11) is 0. The molecule has 1 amide bonds. The van der Waals surface area contributed by atoms with Crippen LogP contribution in [0.1, 0.15) is 35.0 Å². The molecule has 3 heterocycles. The van der Waals surface area contributed by atoms with Crippen LogP contribution in [0.5, 0.6) is 0 Å². The fourth-order valence-corrected chi connectivity index (χ4v) is 3.12. The number of halogens is 1. The summed E-state index contributed by atoms with van der Waals surface area (Å²) >= 11 is 0. The van der Waals surface area contributed by atoms with Crippen LogP contribution in [0.2, 0.25) is 0 Å². The van der Waals surface area contributed by atoms with E-state index in [9.17, 15) is 9.18 Å². The van der Waals surface area contributed by atoms with E-state index >= 15 is 0 Å². The van der Waals surface area contributed by atoms with Gasteiger partial charge in [-0.3, -0.25) is 4.79 Å².